The van der Waals surface area contributed by atoms with Crippen LogP contribution in [0.4, 0.5) is 0 Å². The second-order valence-corrected chi connectivity index (χ2v) is 6.64. The summed E-state index contributed by atoms with van der Waals surface area (Å²) in [5, 5.41) is 3.46. The van der Waals surface area contributed by atoms with Gasteiger partial charge >= 0.3 is 0 Å². The number of halogens is 1. The predicted molar refractivity (Wildman–Crippen MR) is 89.9 cm³/mol. The molecule has 1 fully saturated rings. The Morgan fingerprint density at radius 3 is 2.81 bits per heavy atom. The first-order chi connectivity index (χ1) is 10.1. The third kappa shape index (κ3) is 4.70. The van der Waals surface area contributed by atoms with E-state index in [9.17, 15) is 0 Å². The van der Waals surface area contributed by atoms with Crippen LogP contribution in [0.3, 0.4) is 0 Å². The molecule has 0 saturated heterocycles. The van der Waals surface area contributed by atoms with Gasteiger partial charge in [-0.1, -0.05) is 28.9 Å². The molecule has 1 aromatic carbocycles. The van der Waals surface area contributed by atoms with Gasteiger partial charge in [-0.05, 0) is 44.9 Å². The van der Waals surface area contributed by atoms with E-state index in [1.807, 2.05) is 0 Å². The van der Waals surface area contributed by atoms with Crippen molar-refractivity contribution in [1.29, 1.82) is 0 Å². The maximum Gasteiger partial charge on any atom is 0.125 e. The number of rotatable bonds is 6. The summed E-state index contributed by atoms with van der Waals surface area (Å²) >= 11 is 3.55. The Kier molecular flexibility index (Phi) is 6.52. The van der Waals surface area contributed by atoms with Crippen molar-refractivity contribution in [3.8, 4) is 5.75 Å². The molecule has 1 aliphatic rings. The largest absolute Gasteiger partial charge is 0.490 e. The van der Waals surface area contributed by atoms with Crippen molar-refractivity contribution in [3.63, 3.8) is 0 Å². The average molecular weight is 356 g/mol. The van der Waals surface area contributed by atoms with E-state index in [1.54, 1.807) is 7.11 Å². The highest BCUT2D eigenvalue weighted by atomic mass is 79.9. The van der Waals surface area contributed by atoms with Gasteiger partial charge in [-0.25, -0.2) is 0 Å². The Morgan fingerprint density at radius 1 is 1.33 bits per heavy atom. The van der Waals surface area contributed by atoms with Gasteiger partial charge in [-0.2, -0.15) is 0 Å². The first-order valence-electron chi connectivity index (χ1n) is 7.86. The molecule has 0 amide bonds. The average Bonchev–Trinajstić information content (AvgIpc) is 2.48. The lowest BCUT2D eigenvalue weighted by Gasteiger charge is -2.30. The molecule has 0 bridgehead atoms. The van der Waals surface area contributed by atoms with E-state index >= 15 is 0 Å². The zero-order valence-electron chi connectivity index (χ0n) is 13.2. The second-order valence-electron chi connectivity index (χ2n) is 5.73. The Hall–Kier alpha value is -0.580. The summed E-state index contributed by atoms with van der Waals surface area (Å²) in [6, 6.07) is 6.59. The molecule has 4 heteroatoms. The fourth-order valence-corrected chi connectivity index (χ4v) is 3.33. The zero-order chi connectivity index (χ0) is 15.2. The normalized spacial score (nSPS) is 23.8. The van der Waals surface area contributed by atoms with Gasteiger partial charge in [0.15, 0.2) is 0 Å². The molecule has 0 heterocycles. The quantitative estimate of drug-likeness (QED) is 0.817. The fourth-order valence-electron chi connectivity index (χ4n) is 2.99. The van der Waals surface area contributed by atoms with E-state index in [0.717, 1.165) is 36.0 Å². The molecule has 1 saturated carbocycles. The smallest absolute Gasteiger partial charge is 0.125 e. The monoisotopic (exact) mass is 355 g/mol. The number of nitrogens with one attached hydrogen (secondary N) is 1. The van der Waals surface area contributed by atoms with E-state index in [-0.39, 0.29) is 6.10 Å². The number of methoxy groups -OCH3 is 1. The minimum Gasteiger partial charge on any atom is -0.490 e. The lowest BCUT2D eigenvalue weighted by molar-refractivity contribution is 0.0205. The summed E-state index contributed by atoms with van der Waals surface area (Å²) in [6.45, 7) is 5.25. The van der Waals surface area contributed by atoms with E-state index in [0.29, 0.717) is 12.1 Å². The van der Waals surface area contributed by atoms with Gasteiger partial charge in [0.25, 0.3) is 0 Å². The lowest BCUT2D eigenvalue weighted by atomic mass is 9.94. The van der Waals surface area contributed by atoms with Crippen LogP contribution in [-0.2, 0) is 4.74 Å². The molecule has 0 radical (unpaired) electrons. The van der Waals surface area contributed by atoms with Crippen LogP contribution < -0.4 is 10.1 Å². The maximum atomic E-state index is 6.32. The number of ether oxygens (including phenoxy) is 2. The van der Waals surface area contributed by atoms with Gasteiger partial charge in [0.2, 0.25) is 0 Å². The molecule has 0 aromatic heterocycles. The van der Waals surface area contributed by atoms with E-state index in [1.165, 1.54) is 12.0 Å². The maximum absolute atomic E-state index is 6.32. The van der Waals surface area contributed by atoms with Gasteiger partial charge < -0.3 is 14.8 Å². The number of benzene rings is 1. The molecule has 0 spiro atoms. The molecular weight excluding hydrogens is 330 g/mol. The number of hydrogen-bond donors (Lipinski definition) is 1. The second kappa shape index (κ2) is 8.16. The molecule has 3 nitrogen and oxygen atoms in total. The molecule has 1 aromatic rings. The summed E-state index contributed by atoms with van der Waals surface area (Å²) in [7, 11) is 1.80. The van der Waals surface area contributed by atoms with Crippen molar-refractivity contribution in [2.24, 2.45) is 0 Å². The first kappa shape index (κ1) is 16.8. The highest BCUT2D eigenvalue weighted by Crippen LogP contribution is 2.32. The Labute approximate surface area is 136 Å². The molecule has 2 rings (SSSR count). The number of hydrogen-bond acceptors (Lipinski definition) is 3. The van der Waals surface area contributed by atoms with Crippen LogP contribution in [0.15, 0.2) is 22.7 Å². The summed E-state index contributed by atoms with van der Waals surface area (Å²) < 4.78 is 12.9. The van der Waals surface area contributed by atoms with Crippen LogP contribution in [-0.4, -0.2) is 25.9 Å². The minimum absolute atomic E-state index is 0.255. The lowest BCUT2D eigenvalue weighted by Crippen LogP contribution is -2.30. The van der Waals surface area contributed by atoms with Crippen molar-refractivity contribution in [2.75, 3.05) is 13.7 Å². The standard InChI is InChI=1S/C17H26BrNO2/c1-4-19-12(2)16-9-8-13(18)10-17(16)21-15-7-5-6-14(11-15)20-3/h8-10,12,14-15,19H,4-7,11H2,1-3H3. The van der Waals surface area contributed by atoms with Crippen LogP contribution in [0.2, 0.25) is 0 Å². The SMILES string of the molecule is CCNC(C)c1ccc(Br)cc1OC1CCCC(OC)C1. The molecule has 0 aliphatic heterocycles. The topological polar surface area (TPSA) is 30.5 Å². The molecule has 3 atom stereocenters. The molecular formula is C17H26BrNO2. The molecule has 21 heavy (non-hydrogen) atoms. The van der Waals surface area contributed by atoms with Crippen molar-refractivity contribution in [2.45, 2.75) is 57.8 Å². The van der Waals surface area contributed by atoms with Gasteiger partial charge in [0.05, 0.1) is 6.10 Å². The van der Waals surface area contributed by atoms with Crippen molar-refractivity contribution in [1.82, 2.24) is 5.32 Å². The minimum atomic E-state index is 0.255. The Balaban J connectivity index is 2.12. The van der Waals surface area contributed by atoms with Crippen LogP contribution in [0.1, 0.15) is 51.1 Å². The van der Waals surface area contributed by atoms with Crippen LogP contribution in [0, 0.1) is 0 Å². The summed E-state index contributed by atoms with van der Waals surface area (Å²) in [5.74, 6) is 0.986. The zero-order valence-corrected chi connectivity index (χ0v) is 14.8. The van der Waals surface area contributed by atoms with Gasteiger partial charge in [-0.3, -0.25) is 0 Å². The van der Waals surface area contributed by atoms with E-state index in [2.05, 4.69) is 53.3 Å². The predicted octanol–water partition coefficient (Wildman–Crippen LogP) is 4.46. The van der Waals surface area contributed by atoms with Crippen molar-refractivity contribution >= 4 is 15.9 Å². The summed E-state index contributed by atoms with van der Waals surface area (Å²) in [6.07, 6.45) is 5.01. The first-order valence-corrected chi connectivity index (χ1v) is 8.65. The van der Waals surface area contributed by atoms with Crippen LogP contribution >= 0.6 is 15.9 Å². The summed E-state index contributed by atoms with van der Waals surface area (Å²) in [5.41, 5.74) is 1.22. The van der Waals surface area contributed by atoms with Crippen molar-refractivity contribution < 1.29 is 9.47 Å². The highest BCUT2D eigenvalue weighted by Gasteiger charge is 2.24. The van der Waals surface area contributed by atoms with Gasteiger partial charge in [-0.15, -0.1) is 0 Å². The van der Waals surface area contributed by atoms with Gasteiger partial charge in [0, 0.05) is 29.6 Å². The van der Waals surface area contributed by atoms with Crippen LogP contribution in [0.5, 0.6) is 5.75 Å². The summed E-state index contributed by atoms with van der Waals surface area (Å²) in [4.78, 5) is 0. The third-order valence-electron chi connectivity index (χ3n) is 4.16. The molecule has 1 aliphatic carbocycles. The van der Waals surface area contributed by atoms with Crippen molar-refractivity contribution in [3.05, 3.63) is 28.2 Å². The van der Waals surface area contributed by atoms with Crippen LogP contribution in [0.25, 0.3) is 0 Å². The molecule has 1 N–H and O–H groups in total. The van der Waals surface area contributed by atoms with Gasteiger partial charge in [0.1, 0.15) is 11.9 Å². The molecule has 3 unspecified atom stereocenters. The highest BCUT2D eigenvalue weighted by molar-refractivity contribution is 9.10. The Bertz CT molecular complexity index is 452. The van der Waals surface area contributed by atoms with E-state index in [4.69, 9.17) is 9.47 Å². The van der Waals surface area contributed by atoms with E-state index < -0.39 is 0 Å². The molecule has 118 valence electrons. The Morgan fingerprint density at radius 2 is 2.10 bits per heavy atom. The fraction of sp³-hybridized carbons (Fsp3) is 0.647. The third-order valence-corrected chi connectivity index (χ3v) is 4.65.